The lowest BCUT2D eigenvalue weighted by Gasteiger charge is -2.20. The van der Waals surface area contributed by atoms with Crippen LogP contribution in [0.25, 0.3) is 0 Å². The minimum Gasteiger partial charge on any atom is -0.365 e. The number of anilines is 4. The summed E-state index contributed by atoms with van der Waals surface area (Å²) in [5.41, 5.74) is -0.0744. The molecule has 36 heavy (non-hydrogen) atoms. The highest BCUT2D eigenvalue weighted by Crippen LogP contribution is 2.39. The maximum atomic E-state index is 13.6. The second kappa shape index (κ2) is 10.4. The molecule has 4 N–H and O–H groups in total. The summed E-state index contributed by atoms with van der Waals surface area (Å²) in [5, 5.41) is 5.32. The molecule has 0 saturated carbocycles. The Bertz CT molecular complexity index is 1380. The Labute approximate surface area is 204 Å². The maximum absolute atomic E-state index is 13.6. The van der Waals surface area contributed by atoms with Gasteiger partial charge in [-0.2, -0.15) is 18.2 Å². The summed E-state index contributed by atoms with van der Waals surface area (Å²) in [4.78, 5) is 29.8. The van der Waals surface area contributed by atoms with Gasteiger partial charge in [0.1, 0.15) is 17.2 Å². The van der Waals surface area contributed by atoms with Crippen LogP contribution in [0.15, 0.2) is 48.8 Å². The van der Waals surface area contributed by atoms with Crippen molar-refractivity contribution < 1.29 is 35.9 Å². The number of aromatic nitrogens is 3. The first kappa shape index (κ1) is 27.3. The molecule has 1 aromatic carbocycles. The molecule has 16 heteroatoms. The fourth-order valence-corrected chi connectivity index (χ4v) is 4.20. The molecule has 0 amide bonds. The number of alkyl halides is 3. The molecule has 3 rings (SSSR count). The fraction of sp³-hybridized carbons (Fsp3) is 0.250. The lowest BCUT2D eigenvalue weighted by Crippen LogP contribution is -2.27. The van der Waals surface area contributed by atoms with Crippen molar-refractivity contribution in [2.24, 2.45) is 0 Å². The van der Waals surface area contributed by atoms with Gasteiger partial charge in [0.05, 0.1) is 12.4 Å². The van der Waals surface area contributed by atoms with Gasteiger partial charge in [0, 0.05) is 37.2 Å². The van der Waals surface area contributed by atoms with Crippen LogP contribution in [-0.2, 0) is 33.5 Å². The standard InChI is InChI=1S/C20H22F3N6O5PS/c1-29(36(2,33)34)18-14(4-3-9-24-18)10-25-17-16(20(21,22)23)11-26-19(28-17)27-15-7-5-13(6-8-15)12-35(30,31)32/h3-9,11H,10,12H2,1-2H3,(H2,30,31,32)(H2,25,26,27,28). The summed E-state index contributed by atoms with van der Waals surface area (Å²) >= 11 is 0. The van der Waals surface area contributed by atoms with Crippen LogP contribution >= 0.6 is 7.60 Å². The third kappa shape index (κ3) is 7.37. The minimum atomic E-state index is -4.77. The zero-order valence-corrected chi connectivity index (χ0v) is 20.6. The molecule has 0 unspecified atom stereocenters. The summed E-state index contributed by atoms with van der Waals surface area (Å²) in [6.45, 7) is -0.223. The van der Waals surface area contributed by atoms with Crippen LogP contribution in [0, 0.1) is 0 Å². The molecular weight excluding hydrogens is 524 g/mol. The molecule has 194 valence electrons. The summed E-state index contributed by atoms with van der Waals surface area (Å²) in [5.74, 6) is -0.674. The van der Waals surface area contributed by atoms with Crippen LogP contribution in [0.5, 0.6) is 0 Å². The molecule has 0 saturated heterocycles. The van der Waals surface area contributed by atoms with Crippen LogP contribution < -0.4 is 14.9 Å². The third-order valence-corrected chi connectivity index (χ3v) is 6.75. The summed E-state index contributed by atoms with van der Waals surface area (Å²) in [6, 6.07) is 8.89. The monoisotopic (exact) mass is 546 g/mol. The first-order valence-corrected chi connectivity index (χ1v) is 13.7. The Morgan fingerprint density at radius 2 is 1.78 bits per heavy atom. The number of pyridine rings is 1. The molecule has 0 aliphatic heterocycles. The number of sulfonamides is 1. The summed E-state index contributed by atoms with van der Waals surface area (Å²) in [6.07, 6.45) is -2.29. The quantitative estimate of drug-likeness (QED) is 0.294. The third-order valence-electron chi connectivity index (χ3n) is 4.80. The molecule has 0 aliphatic rings. The zero-order valence-electron chi connectivity index (χ0n) is 18.9. The second-order valence-electron chi connectivity index (χ2n) is 7.67. The predicted molar refractivity (Wildman–Crippen MR) is 127 cm³/mol. The average molecular weight is 546 g/mol. The predicted octanol–water partition coefficient (Wildman–Crippen LogP) is 3.32. The Morgan fingerprint density at radius 3 is 2.36 bits per heavy atom. The van der Waals surface area contributed by atoms with Crippen molar-refractivity contribution in [3.05, 3.63) is 65.5 Å². The summed E-state index contributed by atoms with van der Waals surface area (Å²) in [7, 11) is -6.64. The summed E-state index contributed by atoms with van der Waals surface area (Å²) < 4.78 is 76.6. The molecule has 3 aromatic rings. The average Bonchev–Trinajstić information content (AvgIpc) is 2.76. The first-order valence-electron chi connectivity index (χ1n) is 10.1. The molecular formula is C20H22F3N6O5PS. The van der Waals surface area contributed by atoms with E-state index in [1.165, 1.54) is 49.6 Å². The van der Waals surface area contributed by atoms with Gasteiger partial charge in [0.15, 0.2) is 0 Å². The Kier molecular flexibility index (Phi) is 7.88. The van der Waals surface area contributed by atoms with Crippen molar-refractivity contribution in [2.75, 3.05) is 28.2 Å². The van der Waals surface area contributed by atoms with Gasteiger partial charge in [-0.3, -0.25) is 8.87 Å². The molecule has 0 atom stereocenters. The van der Waals surface area contributed by atoms with Gasteiger partial charge in [-0.1, -0.05) is 18.2 Å². The van der Waals surface area contributed by atoms with Gasteiger partial charge >= 0.3 is 13.8 Å². The van der Waals surface area contributed by atoms with Gasteiger partial charge in [0.2, 0.25) is 16.0 Å². The Morgan fingerprint density at radius 1 is 1.11 bits per heavy atom. The molecule has 0 bridgehead atoms. The van der Waals surface area contributed by atoms with Crippen LogP contribution in [0.4, 0.5) is 36.4 Å². The van der Waals surface area contributed by atoms with Crippen molar-refractivity contribution in [1.82, 2.24) is 15.0 Å². The van der Waals surface area contributed by atoms with E-state index in [-0.39, 0.29) is 18.3 Å². The molecule has 0 radical (unpaired) electrons. The highest BCUT2D eigenvalue weighted by atomic mass is 32.2. The fourth-order valence-electron chi connectivity index (χ4n) is 3.03. The Balaban J connectivity index is 1.86. The van der Waals surface area contributed by atoms with Gasteiger partial charge in [-0.05, 0) is 23.8 Å². The number of nitrogens with one attached hydrogen (secondary N) is 2. The van der Waals surface area contributed by atoms with E-state index in [9.17, 15) is 26.2 Å². The lowest BCUT2D eigenvalue weighted by atomic mass is 10.2. The number of benzene rings is 1. The van der Waals surface area contributed by atoms with E-state index in [4.69, 9.17) is 9.79 Å². The smallest absolute Gasteiger partial charge is 0.365 e. The minimum absolute atomic E-state index is 0.0452. The van der Waals surface area contributed by atoms with E-state index in [0.29, 0.717) is 23.0 Å². The number of hydrogen-bond acceptors (Lipinski definition) is 8. The van der Waals surface area contributed by atoms with Gasteiger partial charge < -0.3 is 20.4 Å². The van der Waals surface area contributed by atoms with Crippen molar-refractivity contribution >= 4 is 40.9 Å². The van der Waals surface area contributed by atoms with E-state index >= 15 is 0 Å². The van der Waals surface area contributed by atoms with E-state index in [1.807, 2.05) is 0 Å². The van der Waals surface area contributed by atoms with Crippen LogP contribution in [0.3, 0.4) is 0 Å². The van der Waals surface area contributed by atoms with Crippen LogP contribution in [-0.4, -0.2) is 46.5 Å². The van der Waals surface area contributed by atoms with Crippen LogP contribution in [0.1, 0.15) is 16.7 Å². The number of nitrogens with zero attached hydrogens (tertiary/aromatic N) is 4. The largest absolute Gasteiger partial charge is 0.421 e. The van der Waals surface area contributed by atoms with E-state index < -0.39 is 41.3 Å². The van der Waals surface area contributed by atoms with Crippen molar-refractivity contribution in [3.8, 4) is 0 Å². The molecule has 0 aliphatic carbocycles. The van der Waals surface area contributed by atoms with Gasteiger partial charge in [-0.15, -0.1) is 0 Å². The van der Waals surface area contributed by atoms with E-state index in [2.05, 4.69) is 25.6 Å². The van der Waals surface area contributed by atoms with Crippen molar-refractivity contribution in [3.63, 3.8) is 0 Å². The zero-order chi connectivity index (χ0) is 26.7. The number of halogens is 3. The molecule has 0 spiro atoms. The van der Waals surface area contributed by atoms with E-state index in [0.717, 1.165) is 10.6 Å². The lowest BCUT2D eigenvalue weighted by molar-refractivity contribution is -0.137. The van der Waals surface area contributed by atoms with Crippen LogP contribution in [0.2, 0.25) is 0 Å². The number of hydrogen-bond donors (Lipinski definition) is 4. The highest BCUT2D eigenvalue weighted by molar-refractivity contribution is 7.92. The SMILES string of the molecule is CN(c1ncccc1CNc1nc(Nc2ccc(CP(=O)(O)O)cc2)ncc1C(F)(F)F)S(C)(=O)=O. The maximum Gasteiger partial charge on any atom is 0.421 e. The molecule has 2 aromatic heterocycles. The Hall–Kier alpha value is -3.26. The van der Waals surface area contributed by atoms with Crippen molar-refractivity contribution in [1.29, 1.82) is 0 Å². The molecule has 11 nitrogen and oxygen atoms in total. The highest BCUT2D eigenvalue weighted by Gasteiger charge is 2.35. The molecule has 0 fully saturated rings. The first-order chi connectivity index (χ1) is 16.6. The van der Waals surface area contributed by atoms with Gasteiger partial charge in [0.25, 0.3) is 0 Å². The van der Waals surface area contributed by atoms with Gasteiger partial charge in [-0.25, -0.2) is 18.4 Å². The second-order valence-corrected chi connectivity index (χ2v) is 11.3. The van der Waals surface area contributed by atoms with Crippen molar-refractivity contribution in [2.45, 2.75) is 18.9 Å². The van der Waals surface area contributed by atoms with E-state index in [1.54, 1.807) is 0 Å². The normalized spacial score (nSPS) is 12.3. The molecule has 2 heterocycles. The topological polar surface area (TPSA) is 158 Å². The number of rotatable bonds is 9.